The lowest BCUT2D eigenvalue weighted by molar-refractivity contribution is -0.889. The minimum absolute atomic E-state index is 0.0328. The van der Waals surface area contributed by atoms with Gasteiger partial charge in [-0.2, -0.15) is 0 Å². The van der Waals surface area contributed by atoms with Gasteiger partial charge in [0.1, 0.15) is 12.6 Å². The largest absolute Gasteiger partial charge is 0.544 e. The van der Waals surface area contributed by atoms with E-state index in [1.807, 2.05) is 0 Å². The van der Waals surface area contributed by atoms with Crippen LogP contribution in [0.2, 0.25) is 0 Å². The number of hydrogen-bond acceptors (Lipinski definition) is 7. The number of esters is 2. The van der Waals surface area contributed by atoms with Crippen LogP contribution in [-0.4, -0.2) is 75.5 Å². The average molecular weight is 662 g/mol. The number of likely N-dealkylation sites (N-methyl/N-ethyl adjacent to an activating group) is 1. The Bertz CT molecular complexity index is 917. The first-order valence-corrected chi connectivity index (χ1v) is 18.2. The van der Waals surface area contributed by atoms with E-state index in [9.17, 15) is 19.5 Å². The van der Waals surface area contributed by atoms with Crippen LogP contribution in [0.15, 0.2) is 48.6 Å². The summed E-state index contributed by atoms with van der Waals surface area (Å²) in [7, 11) is 5.37. The molecule has 8 heteroatoms. The lowest BCUT2D eigenvalue weighted by atomic mass is 10.1. The van der Waals surface area contributed by atoms with Crippen LogP contribution < -0.4 is 5.11 Å². The fraction of sp³-hybridized carbons (Fsp3) is 0.718. The van der Waals surface area contributed by atoms with Crippen LogP contribution in [0.4, 0.5) is 0 Å². The van der Waals surface area contributed by atoms with Crippen LogP contribution in [0, 0.1) is 0 Å². The number of carboxylic acids is 1. The summed E-state index contributed by atoms with van der Waals surface area (Å²) in [5.41, 5.74) is 0. The summed E-state index contributed by atoms with van der Waals surface area (Å²) < 4.78 is 16.9. The highest BCUT2D eigenvalue weighted by Crippen LogP contribution is 2.12. The molecule has 0 aromatic carbocycles. The van der Waals surface area contributed by atoms with Gasteiger partial charge >= 0.3 is 11.9 Å². The molecule has 0 saturated heterocycles. The van der Waals surface area contributed by atoms with Crippen molar-refractivity contribution in [2.45, 2.75) is 142 Å². The van der Waals surface area contributed by atoms with E-state index >= 15 is 0 Å². The molecule has 0 rings (SSSR count). The van der Waals surface area contributed by atoms with Gasteiger partial charge in [0.05, 0.1) is 40.3 Å². The Morgan fingerprint density at radius 1 is 0.660 bits per heavy atom. The second-order valence-corrected chi connectivity index (χ2v) is 13.1. The Morgan fingerprint density at radius 2 is 1.19 bits per heavy atom. The van der Waals surface area contributed by atoms with Gasteiger partial charge in [-0.05, 0) is 51.4 Å². The highest BCUT2D eigenvalue weighted by atomic mass is 16.6. The zero-order chi connectivity index (χ0) is 35.0. The van der Waals surface area contributed by atoms with Crippen molar-refractivity contribution in [1.82, 2.24) is 0 Å². The Kier molecular flexibility index (Phi) is 28.8. The molecule has 0 bridgehead atoms. The van der Waals surface area contributed by atoms with E-state index in [4.69, 9.17) is 14.2 Å². The number of nitrogens with zero attached hydrogens (tertiary/aromatic N) is 1. The Morgan fingerprint density at radius 3 is 1.77 bits per heavy atom. The summed E-state index contributed by atoms with van der Waals surface area (Å²) in [6.07, 6.45) is 33.3. The van der Waals surface area contributed by atoms with Gasteiger partial charge in [0, 0.05) is 19.3 Å². The quantitative estimate of drug-likeness (QED) is 0.0327. The number of carbonyl (C=O) groups excluding carboxylic acids is 3. The summed E-state index contributed by atoms with van der Waals surface area (Å²) in [6, 6.07) is -0.725. The molecule has 270 valence electrons. The van der Waals surface area contributed by atoms with Crippen molar-refractivity contribution in [2.75, 3.05) is 41.0 Å². The fourth-order valence-electron chi connectivity index (χ4n) is 4.88. The number of hydrogen-bond donors (Lipinski definition) is 0. The summed E-state index contributed by atoms with van der Waals surface area (Å²) in [5, 5.41) is 11.5. The maximum atomic E-state index is 12.6. The van der Waals surface area contributed by atoms with Crippen molar-refractivity contribution >= 4 is 17.9 Å². The van der Waals surface area contributed by atoms with E-state index < -0.39 is 18.1 Å². The molecule has 0 amide bonds. The number of quaternary nitrogens is 1. The number of ether oxygens (including phenoxy) is 3. The molecule has 0 spiro atoms. The summed E-state index contributed by atoms with van der Waals surface area (Å²) in [5.74, 6) is -1.78. The molecule has 0 aliphatic rings. The third-order valence-electron chi connectivity index (χ3n) is 7.73. The zero-order valence-corrected chi connectivity index (χ0v) is 30.4. The van der Waals surface area contributed by atoms with Crippen LogP contribution in [0.3, 0.4) is 0 Å². The first-order chi connectivity index (χ1) is 22.6. The lowest BCUT2D eigenvalue weighted by Crippen LogP contribution is -2.55. The van der Waals surface area contributed by atoms with E-state index in [1.165, 1.54) is 12.8 Å². The number of rotatable bonds is 31. The smallest absolute Gasteiger partial charge is 0.306 e. The fourth-order valence-corrected chi connectivity index (χ4v) is 4.88. The maximum Gasteiger partial charge on any atom is 0.306 e. The van der Waals surface area contributed by atoms with Crippen LogP contribution in [0.25, 0.3) is 0 Å². The second kappa shape index (κ2) is 30.6. The zero-order valence-electron chi connectivity index (χ0n) is 30.4. The molecule has 0 heterocycles. The number of carboxylic acid groups (broad SMARTS) is 1. The minimum Gasteiger partial charge on any atom is -0.544 e. The van der Waals surface area contributed by atoms with Crippen molar-refractivity contribution in [3.8, 4) is 0 Å². The molecule has 0 N–H and O–H groups in total. The van der Waals surface area contributed by atoms with Gasteiger partial charge in [-0.1, -0.05) is 107 Å². The van der Waals surface area contributed by atoms with Gasteiger partial charge in [0.15, 0.2) is 6.10 Å². The van der Waals surface area contributed by atoms with Crippen molar-refractivity contribution < 1.29 is 38.2 Å². The lowest BCUT2D eigenvalue weighted by Gasteiger charge is -2.34. The molecular weight excluding hydrogens is 594 g/mol. The van der Waals surface area contributed by atoms with Crippen molar-refractivity contribution in [2.24, 2.45) is 0 Å². The standard InChI is InChI=1S/C39H67NO7/c1-6-8-10-12-13-14-15-16-17-18-19-20-21-22-23-24-25-26-28-30-38(42)47-35(34-46-37(41)29-27-11-9-7-2)33-45-32-31-36(39(43)44)40(3,4)5/h8,10,13-14,16-17,19-20,35-36H,6-7,9,11-12,15,18,21-34H2,1-5H3/b10-8-,14-13-,17-16-,20-19-. The van der Waals surface area contributed by atoms with E-state index in [2.05, 4.69) is 62.5 Å². The molecule has 0 aromatic heterocycles. The number of aliphatic carboxylic acids is 1. The van der Waals surface area contributed by atoms with Crippen molar-refractivity contribution in [3.63, 3.8) is 0 Å². The maximum absolute atomic E-state index is 12.6. The monoisotopic (exact) mass is 661 g/mol. The molecule has 0 aliphatic carbocycles. The molecule has 0 radical (unpaired) electrons. The van der Waals surface area contributed by atoms with Crippen molar-refractivity contribution in [1.29, 1.82) is 0 Å². The first-order valence-electron chi connectivity index (χ1n) is 18.2. The normalized spacial score (nSPS) is 13.6. The van der Waals surface area contributed by atoms with E-state index in [0.29, 0.717) is 12.8 Å². The van der Waals surface area contributed by atoms with Gasteiger partial charge in [0.2, 0.25) is 0 Å². The summed E-state index contributed by atoms with van der Waals surface area (Å²) >= 11 is 0. The van der Waals surface area contributed by atoms with Crippen molar-refractivity contribution in [3.05, 3.63) is 48.6 Å². The molecule has 0 saturated carbocycles. The third-order valence-corrected chi connectivity index (χ3v) is 7.73. The van der Waals surface area contributed by atoms with Crippen LogP contribution in [0.5, 0.6) is 0 Å². The number of unbranched alkanes of at least 4 members (excludes halogenated alkanes) is 9. The highest BCUT2D eigenvalue weighted by Gasteiger charge is 2.25. The molecule has 2 atom stereocenters. The Hall–Kier alpha value is -2.71. The van der Waals surface area contributed by atoms with E-state index in [-0.39, 0.29) is 42.7 Å². The topological polar surface area (TPSA) is 102 Å². The molecule has 8 nitrogen and oxygen atoms in total. The predicted molar refractivity (Wildman–Crippen MR) is 189 cm³/mol. The minimum atomic E-state index is -1.13. The van der Waals surface area contributed by atoms with Gasteiger partial charge in [0.25, 0.3) is 0 Å². The second-order valence-electron chi connectivity index (χ2n) is 13.1. The molecule has 0 fully saturated rings. The molecule has 47 heavy (non-hydrogen) atoms. The average Bonchev–Trinajstić information content (AvgIpc) is 3.02. The van der Waals surface area contributed by atoms with Gasteiger partial charge in [-0.3, -0.25) is 9.59 Å². The first kappa shape index (κ1) is 44.3. The summed E-state index contributed by atoms with van der Waals surface area (Å²) in [4.78, 5) is 36.3. The van der Waals surface area contributed by atoms with E-state index in [1.54, 1.807) is 21.1 Å². The molecule has 0 aromatic rings. The molecular formula is C39H67NO7. The van der Waals surface area contributed by atoms with Crippen LogP contribution in [-0.2, 0) is 28.6 Å². The molecule has 0 aliphatic heterocycles. The third kappa shape index (κ3) is 29.2. The van der Waals surface area contributed by atoms with Crippen LogP contribution in [0.1, 0.15) is 129 Å². The Balaban J connectivity index is 4.28. The van der Waals surface area contributed by atoms with Gasteiger partial charge < -0.3 is 28.6 Å². The van der Waals surface area contributed by atoms with Gasteiger partial charge in [-0.25, -0.2) is 0 Å². The Labute approximate surface area is 286 Å². The van der Waals surface area contributed by atoms with Crippen LogP contribution >= 0.6 is 0 Å². The molecule has 2 unspecified atom stereocenters. The number of allylic oxidation sites excluding steroid dienone is 8. The van der Waals surface area contributed by atoms with Gasteiger partial charge in [-0.15, -0.1) is 0 Å². The predicted octanol–water partition coefficient (Wildman–Crippen LogP) is 7.57. The highest BCUT2D eigenvalue weighted by molar-refractivity contribution is 5.70. The SMILES string of the molecule is CC/C=C\C/C=C\C/C=C\C/C=C\CCCCCCCCC(=O)OC(COCCC(C(=O)[O-])[N+](C)(C)C)COC(=O)CCCCCC. The van der Waals surface area contributed by atoms with E-state index in [0.717, 1.165) is 83.5 Å². The summed E-state index contributed by atoms with van der Waals surface area (Å²) in [6.45, 7) is 4.38. The number of carbonyl (C=O) groups is 3.